The lowest BCUT2D eigenvalue weighted by Crippen LogP contribution is -2.03. The maximum Gasteiger partial charge on any atom is 0.131 e. The zero-order chi connectivity index (χ0) is 12.3. The second-order valence-corrected chi connectivity index (χ2v) is 3.99. The van der Waals surface area contributed by atoms with E-state index in [0.29, 0.717) is 22.0 Å². The van der Waals surface area contributed by atoms with E-state index in [1.807, 2.05) is 0 Å². The molecule has 0 heterocycles. The zero-order valence-corrected chi connectivity index (χ0v) is 9.75. The van der Waals surface area contributed by atoms with Gasteiger partial charge in [0.2, 0.25) is 0 Å². The molecule has 0 spiro atoms. The van der Waals surface area contributed by atoms with E-state index in [0.717, 1.165) is 0 Å². The molecule has 0 saturated carbocycles. The first-order chi connectivity index (χ1) is 8.16. The van der Waals surface area contributed by atoms with E-state index < -0.39 is 0 Å². The summed E-state index contributed by atoms with van der Waals surface area (Å²) in [6, 6.07) is 11.5. The summed E-state index contributed by atoms with van der Waals surface area (Å²) in [5.74, 6) is 0.215. The van der Waals surface area contributed by atoms with Gasteiger partial charge in [-0.2, -0.15) is 0 Å². The molecule has 0 bridgehead atoms. The van der Waals surface area contributed by atoms with Crippen molar-refractivity contribution in [2.24, 2.45) is 0 Å². The number of benzene rings is 2. The van der Waals surface area contributed by atoms with Gasteiger partial charge in [0, 0.05) is 16.3 Å². The Hall–Kier alpha value is -1.74. The van der Waals surface area contributed by atoms with Crippen LogP contribution in [0.15, 0.2) is 42.5 Å². The first kappa shape index (κ1) is 11.7. The maximum absolute atomic E-state index is 13.4. The fourth-order valence-electron chi connectivity index (χ4n) is 1.44. The highest BCUT2D eigenvalue weighted by atomic mass is 35.5. The van der Waals surface area contributed by atoms with Crippen LogP contribution < -0.4 is 10.5 Å². The summed E-state index contributed by atoms with van der Waals surface area (Å²) in [5, 5.41) is 0.573. The molecule has 0 unspecified atom stereocenters. The van der Waals surface area contributed by atoms with Crippen molar-refractivity contribution in [3.05, 3.63) is 58.9 Å². The Kier molecular flexibility index (Phi) is 3.49. The predicted octanol–water partition coefficient (Wildman–Crippen LogP) is 3.64. The van der Waals surface area contributed by atoms with Gasteiger partial charge in [0.1, 0.15) is 18.2 Å². The molecule has 0 aliphatic carbocycles. The average molecular weight is 252 g/mol. The van der Waals surface area contributed by atoms with Gasteiger partial charge in [0.15, 0.2) is 0 Å². The van der Waals surface area contributed by atoms with Crippen molar-refractivity contribution in [2.75, 3.05) is 5.73 Å². The van der Waals surface area contributed by atoms with Crippen molar-refractivity contribution in [1.82, 2.24) is 0 Å². The van der Waals surface area contributed by atoms with Crippen molar-refractivity contribution >= 4 is 17.3 Å². The Morgan fingerprint density at radius 1 is 1.18 bits per heavy atom. The number of hydrogen-bond acceptors (Lipinski definition) is 2. The number of hydrogen-bond donors (Lipinski definition) is 1. The van der Waals surface area contributed by atoms with Crippen LogP contribution in [0.3, 0.4) is 0 Å². The molecule has 0 aromatic heterocycles. The second kappa shape index (κ2) is 5.06. The average Bonchev–Trinajstić information content (AvgIpc) is 2.28. The zero-order valence-electron chi connectivity index (χ0n) is 8.99. The lowest BCUT2D eigenvalue weighted by atomic mass is 10.2. The largest absolute Gasteiger partial charge is 0.489 e. The SMILES string of the molecule is Nc1cccc(F)c1COc1cccc(Cl)c1. The van der Waals surface area contributed by atoms with E-state index >= 15 is 0 Å². The van der Waals surface area contributed by atoms with Gasteiger partial charge in [-0.05, 0) is 30.3 Å². The topological polar surface area (TPSA) is 35.2 Å². The molecule has 0 saturated heterocycles. The summed E-state index contributed by atoms with van der Waals surface area (Å²) in [6.07, 6.45) is 0. The van der Waals surface area contributed by atoms with Crippen LogP contribution >= 0.6 is 11.6 Å². The molecule has 2 aromatic carbocycles. The van der Waals surface area contributed by atoms with E-state index in [1.165, 1.54) is 6.07 Å². The van der Waals surface area contributed by atoms with Gasteiger partial charge in [-0.3, -0.25) is 0 Å². The van der Waals surface area contributed by atoms with Crippen LogP contribution in [0.25, 0.3) is 0 Å². The fourth-order valence-corrected chi connectivity index (χ4v) is 1.62. The van der Waals surface area contributed by atoms with Crippen LogP contribution in [0.1, 0.15) is 5.56 Å². The molecule has 2 N–H and O–H groups in total. The molecule has 2 nitrogen and oxygen atoms in total. The summed E-state index contributed by atoms with van der Waals surface area (Å²) in [6.45, 7) is 0.0822. The minimum atomic E-state index is -0.368. The summed E-state index contributed by atoms with van der Waals surface area (Å²) in [5.41, 5.74) is 6.41. The molecule has 17 heavy (non-hydrogen) atoms. The van der Waals surface area contributed by atoms with Gasteiger partial charge in [-0.15, -0.1) is 0 Å². The van der Waals surface area contributed by atoms with E-state index in [9.17, 15) is 4.39 Å². The molecule has 0 amide bonds. The summed E-state index contributed by atoms with van der Waals surface area (Å²) < 4.78 is 18.9. The van der Waals surface area contributed by atoms with Crippen molar-refractivity contribution in [3.63, 3.8) is 0 Å². The van der Waals surface area contributed by atoms with Crippen LogP contribution in [0, 0.1) is 5.82 Å². The Morgan fingerprint density at radius 2 is 1.94 bits per heavy atom. The smallest absolute Gasteiger partial charge is 0.131 e. The predicted molar refractivity (Wildman–Crippen MR) is 66.6 cm³/mol. The number of nitrogens with two attached hydrogens (primary N) is 1. The molecular formula is C13H11ClFNO. The standard InChI is InChI=1S/C13H11ClFNO/c14-9-3-1-4-10(7-9)17-8-11-12(15)5-2-6-13(11)16/h1-7H,8,16H2. The summed E-state index contributed by atoms with van der Waals surface area (Å²) in [4.78, 5) is 0. The molecular weight excluding hydrogens is 241 g/mol. The van der Waals surface area contributed by atoms with Crippen LogP contribution in [-0.2, 0) is 6.61 Å². The highest BCUT2D eigenvalue weighted by molar-refractivity contribution is 6.30. The van der Waals surface area contributed by atoms with Crippen molar-refractivity contribution in [1.29, 1.82) is 0 Å². The van der Waals surface area contributed by atoms with Gasteiger partial charge in [0.25, 0.3) is 0 Å². The Bertz CT molecular complexity index is 510. The molecule has 0 aliphatic heterocycles. The van der Waals surface area contributed by atoms with Crippen LogP contribution in [0.4, 0.5) is 10.1 Å². The molecule has 2 aromatic rings. The van der Waals surface area contributed by atoms with E-state index in [1.54, 1.807) is 36.4 Å². The number of ether oxygens (including phenoxy) is 1. The highest BCUT2D eigenvalue weighted by Crippen LogP contribution is 2.21. The number of rotatable bonds is 3. The lowest BCUT2D eigenvalue weighted by molar-refractivity contribution is 0.300. The van der Waals surface area contributed by atoms with E-state index in [4.69, 9.17) is 22.1 Å². The summed E-state index contributed by atoms with van der Waals surface area (Å²) in [7, 11) is 0. The molecule has 4 heteroatoms. The molecule has 88 valence electrons. The van der Waals surface area contributed by atoms with E-state index in [-0.39, 0.29) is 12.4 Å². The molecule has 0 atom stereocenters. The molecule has 2 rings (SSSR count). The Labute approximate surface area is 104 Å². The van der Waals surface area contributed by atoms with Crippen LogP contribution in [-0.4, -0.2) is 0 Å². The fraction of sp³-hybridized carbons (Fsp3) is 0.0769. The van der Waals surface area contributed by atoms with Crippen molar-refractivity contribution in [2.45, 2.75) is 6.61 Å². The maximum atomic E-state index is 13.4. The van der Waals surface area contributed by atoms with Crippen LogP contribution in [0.2, 0.25) is 5.02 Å². The molecule has 0 fully saturated rings. The minimum Gasteiger partial charge on any atom is -0.489 e. The van der Waals surface area contributed by atoms with E-state index in [2.05, 4.69) is 0 Å². The summed E-state index contributed by atoms with van der Waals surface area (Å²) >= 11 is 5.81. The highest BCUT2D eigenvalue weighted by Gasteiger charge is 2.06. The monoisotopic (exact) mass is 251 g/mol. The van der Waals surface area contributed by atoms with Crippen molar-refractivity contribution < 1.29 is 9.13 Å². The van der Waals surface area contributed by atoms with Gasteiger partial charge in [-0.25, -0.2) is 4.39 Å². The third-order valence-electron chi connectivity index (χ3n) is 2.33. The first-order valence-corrected chi connectivity index (χ1v) is 5.46. The normalized spacial score (nSPS) is 10.2. The van der Waals surface area contributed by atoms with Crippen LogP contribution in [0.5, 0.6) is 5.75 Å². The lowest BCUT2D eigenvalue weighted by Gasteiger charge is -2.09. The molecule has 0 radical (unpaired) electrons. The number of anilines is 1. The van der Waals surface area contributed by atoms with Gasteiger partial charge >= 0.3 is 0 Å². The van der Waals surface area contributed by atoms with Gasteiger partial charge in [0.05, 0.1) is 0 Å². The third-order valence-corrected chi connectivity index (χ3v) is 2.57. The Morgan fingerprint density at radius 3 is 2.65 bits per heavy atom. The van der Waals surface area contributed by atoms with Gasteiger partial charge in [-0.1, -0.05) is 23.7 Å². The van der Waals surface area contributed by atoms with Gasteiger partial charge < -0.3 is 10.5 Å². The third kappa shape index (κ3) is 2.88. The number of nitrogen functional groups attached to an aromatic ring is 1. The minimum absolute atomic E-state index is 0.0822. The molecule has 0 aliphatic rings. The number of halogens is 2. The quantitative estimate of drug-likeness (QED) is 0.846. The Balaban J connectivity index is 2.13. The van der Waals surface area contributed by atoms with Crippen molar-refractivity contribution in [3.8, 4) is 5.75 Å². The first-order valence-electron chi connectivity index (χ1n) is 5.08. The second-order valence-electron chi connectivity index (χ2n) is 3.55.